The number of rotatable bonds is 4. The van der Waals surface area contributed by atoms with Crippen molar-refractivity contribution >= 4 is 27.6 Å². The second kappa shape index (κ2) is 6.05. The molecule has 0 saturated heterocycles. The molecule has 2 rings (SSSR count). The SMILES string of the molecule is Cc1ccc(F)cc1C(Nc1ccccc1Br)C(=O)O. The fourth-order valence-electron chi connectivity index (χ4n) is 1.93. The molecule has 0 fully saturated rings. The van der Waals surface area contributed by atoms with Gasteiger partial charge in [0.1, 0.15) is 5.82 Å². The first-order chi connectivity index (χ1) is 9.49. The average Bonchev–Trinajstić information content (AvgIpc) is 2.40. The molecule has 0 spiro atoms. The normalized spacial score (nSPS) is 11.9. The van der Waals surface area contributed by atoms with Crippen LogP contribution in [-0.2, 0) is 4.79 Å². The Morgan fingerprint density at radius 3 is 2.65 bits per heavy atom. The number of hydrogen-bond donors (Lipinski definition) is 2. The van der Waals surface area contributed by atoms with E-state index in [4.69, 9.17) is 0 Å². The Kier molecular flexibility index (Phi) is 4.39. The van der Waals surface area contributed by atoms with Gasteiger partial charge in [-0.1, -0.05) is 18.2 Å². The second-order valence-corrected chi connectivity index (χ2v) is 5.25. The van der Waals surface area contributed by atoms with Crippen molar-refractivity contribution in [2.45, 2.75) is 13.0 Å². The number of anilines is 1. The number of hydrogen-bond acceptors (Lipinski definition) is 2. The molecular formula is C15H13BrFNO2. The fourth-order valence-corrected chi connectivity index (χ4v) is 2.33. The van der Waals surface area contributed by atoms with E-state index < -0.39 is 17.8 Å². The minimum atomic E-state index is -1.06. The standard InChI is InChI=1S/C15H13BrFNO2/c1-9-6-7-10(17)8-11(9)14(15(19)20)18-13-5-3-2-4-12(13)16/h2-8,14,18H,1H3,(H,19,20). The molecule has 0 aromatic heterocycles. The minimum absolute atomic E-state index is 0.410. The van der Waals surface area contributed by atoms with Gasteiger partial charge in [0.25, 0.3) is 0 Å². The number of nitrogens with one attached hydrogen (secondary N) is 1. The molecule has 2 aromatic carbocycles. The van der Waals surface area contributed by atoms with Gasteiger partial charge in [-0.05, 0) is 58.2 Å². The van der Waals surface area contributed by atoms with Crippen LogP contribution in [0.3, 0.4) is 0 Å². The molecule has 0 bridgehead atoms. The molecule has 1 unspecified atom stereocenters. The van der Waals surface area contributed by atoms with Gasteiger partial charge in [0.05, 0.1) is 0 Å². The smallest absolute Gasteiger partial charge is 0.330 e. The predicted molar refractivity (Wildman–Crippen MR) is 79.3 cm³/mol. The van der Waals surface area contributed by atoms with Gasteiger partial charge in [-0.2, -0.15) is 0 Å². The lowest BCUT2D eigenvalue weighted by molar-refractivity contribution is -0.138. The van der Waals surface area contributed by atoms with Gasteiger partial charge in [-0.15, -0.1) is 0 Å². The van der Waals surface area contributed by atoms with Gasteiger partial charge in [-0.3, -0.25) is 0 Å². The topological polar surface area (TPSA) is 49.3 Å². The Bertz CT molecular complexity index is 646. The first-order valence-corrected chi connectivity index (χ1v) is 6.78. The third-order valence-corrected chi connectivity index (χ3v) is 3.66. The first-order valence-electron chi connectivity index (χ1n) is 5.99. The van der Waals surface area contributed by atoms with E-state index in [1.54, 1.807) is 31.2 Å². The van der Waals surface area contributed by atoms with E-state index in [1.807, 2.05) is 6.07 Å². The minimum Gasteiger partial charge on any atom is -0.479 e. The zero-order chi connectivity index (χ0) is 14.7. The molecule has 3 nitrogen and oxygen atoms in total. The summed E-state index contributed by atoms with van der Waals surface area (Å²) in [5, 5.41) is 12.3. The predicted octanol–water partition coefficient (Wildman–Crippen LogP) is 4.13. The molecule has 1 atom stereocenters. The maximum Gasteiger partial charge on any atom is 0.330 e. The monoisotopic (exact) mass is 337 g/mol. The van der Waals surface area contributed by atoms with Crippen LogP contribution in [0.1, 0.15) is 17.2 Å². The highest BCUT2D eigenvalue weighted by Gasteiger charge is 2.22. The van der Waals surface area contributed by atoms with E-state index in [-0.39, 0.29) is 0 Å². The van der Waals surface area contributed by atoms with E-state index >= 15 is 0 Å². The summed E-state index contributed by atoms with van der Waals surface area (Å²) in [6.45, 7) is 1.76. The van der Waals surface area contributed by atoms with Gasteiger partial charge in [0, 0.05) is 10.2 Å². The number of benzene rings is 2. The van der Waals surface area contributed by atoms with Gasteiger partial charge >= 0.3 is 5.97 Å². The third kappa shape index (κ3) is 3.17. The molecular weight excluding hydrogens is 325 g/mol. The van der Waals surface area contributed by atoms with Crippen LogP contribution in [0.4, 0.5) is 10.1 Å². The number of aryl methyl sites for hydroxylation is 1. The van der Waals surface area contributed by atoms with Crippen molar-refractivity contribution in [2.75, 3.05) is 5.32 Å². The summed E-state index contributed by atoms with van der Waals surface area (Å²) in [5.74, 6) is -1.51. The second-order valence-electron chi connectivity index (χ2n) is 4.40. The highest BCUT2D eigenvalue weighted by atomic mass is 79.9. The molecule has 0 radical (unpaired) electrons. The van der Waals surface area contributed by atoms with Gasteiger partial charge in [0.15, 0.2) is 6.04 Å². The molecule has 20 heavy (non-hydrogen) atoms. The van der Waals surface area contributed by atoms with E-state index in [0.29, 0.717) is 11.3 Å². The molecule has 0 heterocycles. The van der Waals surface area contributed by atoms with Crippen molar-refractivity contribution < 1.29 is 14.3 Å². The quantitative estimate of drug-likeness (QED) is 0.881. The van der Waals surface area contributed by atoms with Crippen molar-refractivity contribution in [3.05, 3.63) is 63.9 Å². The summed E-state index contributed by atoms with van der Waals surface area (Å²) >= 11 is 3.35. The Labute approximate surface area is 124 Å². The van der Waals surface area contributed by atoms with Crippen LogP contribution < -0.4 is 5.32 Å². The fraction of sp³-hybridized carbons (Fsp3) is 0.133. The molecule has 0 amide bonds. The van der Waals surface area contributed by atoms with Gasteiger partial charge in [0.2, 0.25) is 0 Å². The van der Waals surface area contributed by atoms with E-state index in [9.17, 15) is 14.3 Å². The number of carboxylic acids is 1. The zero-order valence-electron chi connectivity index (χ0n) is 10.7. The van der Waals surface area contributed by atoms with Crippen LogP contribution in [0.2, 0.25) is 0 Å². The van der Waals surface area contributed by atoms with Crippen molar-refractivity contribution in [1.29, 1.82) is 0 Å². The largest absolute Gasteiger partial charge is 0.479 e. The summed E-state index contributed by atoms with van der Waals surface area (Å²) in [5.41, 5.74) is 1.77. The summed E-state index contributed by atoms with van der Waals surface area (Å²) in [7, 11) is 0. The molecule has 0 aliphatic heterocycles. The molecule has 5 heteroatoms. The average molecular weight is 338 g/mol. The lowest BCUT2D eigenvalue weighted by Gasteiger charge is -2.19. The number of carbonyl (C=O) groups is 1. The molecule has 2 N–H and O–H groups in total. The highest BCUT2D eigenvalue weighted by molar-refractivity contribution is 9.10. The van der Waals surface area contributed by atoms with E-state index in [1.165, 1.54) is 12.1 Å². The molecule has 104 valence electrons. The van der Waals surface area contributed by atoms with Crippen LogP contribution in [-0.4, -0.2) is 11.1 Å². The number of halogens is 2. The van der Waals surface area contributed by atoms with Crippen molar-refractivity contribution in [3.63, 3.8) is 0 Å². The van der Waals surface area contributed by atoms with Crippen LogP contribution in [0.15, 0.2) is 46.9 Å². The summed E-state index contributed by atoms with van der Waals surface area (Å²) in [6.07, 6.45) is 0. The van der Waals surface area contributed by atoms with Crippen molar-refractivity contribution in [1.82, 2.24) is 0 Å². The van der Waals surface area contributed by atoms with Gasteiger partial charge < -0.3 is 10.4 Å². The summed E-state index contributed by atoms with van der Waals surface area (Å²) < 4.78 is 14.1. The number of carboxylic acid groups (broad SMARTS) is 1. The Morgan fingerprint density at radius 2 is 2.00 bits per heavy atom. The number of aliphatic carboxylic acids is 1. The Balaban J connectivity index is 2.40. The highest BCUT2D eigenvalue weighted by Crippen LogP contribution is 2.28. The lowest BCUT2D eigenvalue weighted by Crippen LogP contribution is -2.21. The van der Waals surface area contributed by atoms with Crippen molar-refractivity contribution in [3.8, 4) is 0 Å². The number of para-hydroxylation sites is 1. The molecule has 0 aliphatic rings. The maximum atomic E-state index is 13.4. The first kappa shape index (κ1) is 14.5. The Morgan fingerprint density at radius 1 is 1.30 bits per heavy atom. The third-order valence-electron chi connectivity index (χ3n) is 2.97. The molecule has 0 saturated carbocycles. The summed E-state index contributed by atoms with van der Waals surface area (Å²) in [4.78, 5) is 11.5. The lowest BCUT2D eigenvalue weighted by atomic mass is 10.0. The van der Waals surface area contributed by atoms with Crippen LogP contribution in [0.5, 0.6) is 0 Å². The summed E-state index contributed by atoms with van der Waals surface area (Å²) in [6, 6.07) is 10.3. The van der Waals surface area contributed by atoms with E-state index in [2.05, 4.69) is 21.2 Å². The Hall–Kier alpha value is -1.88. The molecule has 0 aliphatic carbocycles. The van der Waals surface area contributed by atoms with Crippen LogP contribution in [0.25, 0.3) is 0 Å². The maximum absolute atomic E-state index is 13.4. The van der Waals surface area contributed by atoms with Crippen molar-refractivity contribution in [2.24, 2.45) is 0 Å². The van der Waals surface area contributed by atoms with E-state index in [0.717, 1.165) is 10.0 Å². The van der Waals surface area contributed by atoms with Crippen LogP contribution >= 0.6 is 15.9 Å². The molecule has 2 aromatic rings. The zero-order valence-corrected chi connectivity index (χ0v) is 12.3. The van der Waals surface area contributed by atoms with Gasteiger partial charge in [-0.25, -0.2) is 9.18 Å². The van der Waals surface area contributed by atoms with Crippen LogP contribution in [0, 0.1) is 12.7 Å².